The molecule has 0 unspecified atom stereocenters. The van der Waals surface area contributed by atoms with Gasteiger partial charge in [-0.05, 0) is 47.1 Å². The average Bonchev–Trinajstić information content (AvgIpc) is 2.76. The summed E-state index contributed by atoms with van der Waals surface area (Å²) in [6.45, 7) is 2.24. The molecule has 10 heteroatoms. The van der Waals surface area contributed by atoms with E-state index in [0.717, 1.165) is 0 Å². The molecule has 0 saturated carbocycles. The Morgan fingerprint density at radius 3 is 2.40 bits per heavy atom. The van der Waals surface area contributed by atoms with Crippen molar-refractivity contribution in [1.82, 2.24) is 15.0 Å². The van der Waals surface area contributed by atoms with Gasteiger partial charge in [-0.3, -0.25) is 4.79 Å². The molecule has 2 aromatic heterocycles. The van der Waals surface area contributed by atoms with E-state index in [2.05, 4.69) is 41.5 Å². The lowest BCUT2D eigenvalue weighted by atomic mass is 10.2. The number of methoxy groups -OCH3 is 2. The summed E-state index contributed by atoms with van der Waals surface area (Å²) in [5.74, 6) is 1.46. The molecule has 1 aromatic carbocycles. The summed E-state index contributed by atoms with van der Waals surface area (Å²) in [4.78, 5) is 25.6. The van der Waals surface area contributed by atoms with Gasteiger partial charge in [0.15, 0.2) is 23.1 Å². The quantitative estimate of drug-likeness (QED) is 0.504. The molecule has 9 nitrogen and oxygen atoms in total. The van der Waals surface area contributed by atoms with Crippen molar-refractivity contribution < 1.29 is 19.0 Å². The van der Waals surface area contributed by atoms with E-state index >= 15 is 0 Å². The van der Waals surface area contributed by atoms with Crippen LogP contribution in [0.5, 0.6) is 17.2 Å². The van der Waals surface area contributed by atoms with Crippen LogP contribution in [0.25, 0.3) is 0 Å². The van der Waals surface area contributed by atoms with E-state index in [4.69, 9.17) is 14.2 Å². The minimum absolute atomic E-state index is 0.143. The van der Waals surface area contributed by atoms with Gasteiger partial charge in [0, 0.05) is 6.20 Å². The maximum atomic E-state index is 12.8. The van der Waals surface area contributed by atoms with Crippen molar-refractivity contribution in [2.45, 2.75) is 6.92 Å². The lowest BCUT2D eigenvalue weighted by Gasteiger charge is -2.16. The van der Waals surface area contributed by atoms with Gasteiger partial charge >= 0.3 is 0 Å². The van der Waals surface area contributed by atoms with Crippen LogP contribution >= 0.6 is 15.9 Å². The second kappa shape index (κ2) is 9.88. The third kappa shape index (κ3) is 4.77. The number of rotatable bonds is 8. The fourth-order valence-electron chi connectivity index (χ4n) is 2.64. The van der Waals surface area contributed by atoms with Gasteiger partial charge in [-0.2, -0.15) is 0 Å². The first-order valence-corrected chi connectivity index (χ1v) is 9.76. The minimum atomic E-state index is -0.481. The van der Waals surface area contributed by atoms with Crippen LogP contribution in [-0.2, 0) is 0 Å². The van der Waals surface area contributed by atoms with Crippen LogP contribution in [0, 0.1) is 0 Å². The van der Waals surface area contributed by atoms with E-state index in [1.54, 1.807) is 44.6 Å². The molecule has 156 valence electrons. The highest BCUT2D eigenvalue weighted by Crippen LogP contribution is 2.37. The molecule has 0 saturated heterocycles. The van der Waals surface area contributed by atoms with E-state index in [0.29, 0.717) is 34.1 Å². The molecule has 2 heterocycles. The Balaban J connectivity index is 1.95. The monoisotopic (exact) mass is 473 g/mol. The molecule has 3 aromatic rings. The summed E-state index contributed by atoms with van der Waals surface area (Å²) in [7, 11) is 3.09. The molecule has 0 spiro atoms. The molecular formula is C20H20BrN5O4. The number of benzene rings is 1. The van der Waals surface area contributed by atoms with Crippen molar-refractivity contribution >= 4 is 39.2 Å². The highest BCUT2D eigenvalue weighted by molar-refractivity contribution is 9.10. The number of amides is 1. The SMILES string of the molecule is CCOc1cccnc1C(=O)Nc1ncc(Br)nc1Nc1c(OC)cccc1OC. The van der Waals surface area contributed by atoms with Crippen LogP contribution in [0.1, 0.15) is 17.4 Å². The number of ether oxygens (including phenoxy) is 3. The van der Waals surface area contributed by atoms with Gasteiger partial charge < -0.3 is 24.8 Å². The van der Waals surface area contributed by atoms with Crippen LogP contribution in [0.15, 0.2) is 47.3 Å². The summed E-state index contributed by atoms with van der Waals surface area (Å²) < 4.78 is 16.8. The fraction of sp³-hybridized carbons (Fsp3) is 0.200. The van der Waals surface area contributed by atoms with Gasteiger partial charge in [0.1, 0.15) is 21.8 Å². The van der Waals surface area contributed by atoms with Crippen molar-refractivity contribution in [2.75, 3.05) is 31.5 Å². The van der Waals surface area contributed by atoms with Crippen molar-refractivity contribution in [3.8, 4) is 17.2 Å². The molecule has 0 aliphatic rings. The summed E-state index contributed by atoms with van der Waals surface area (Å²) >= 11 is 3.30. The van der Waals surface area contributed by atoms with E-state index in [-0.39, 0.29) is 17.3 Å². The summed E-state index contributed by atoms with van der Waals surface area (Å²) in [6, 6.07) is 8.72. The number of pyridine rings is 1. The van der Waals surface area contributed by atoms with Gasteiger partial charge in [0.2, 0.25) is 0 Å². The highest BCUT2D eigenvalue weighted by atomic mass is 79.9. The number of halogens is 1. The average molecular weight is 474 g/mol. The Hall–Kier alpha value is -3.40. The number of nitrogens with zero attached hydrogens (tertiary/aromatic N) is 3. The van der Waals surface area contributed by atoms with Crippen LogP contribution < -0.4 is 24.8 Å². The number of carbonyl (C=O) groups excluding carboxylic acids is 1. The summed E-state index contributed by atoms with van der Waals surface area (Å²) in [5, 5.41) is 5.86. The van der Waals surface area contributed by atoms with E-state index in [9.17, 15) is 4.79 Å². The molecule has 0 aliphatic heterocycles. The van der Waals surface area contributed by atoms with Crippen molar-refractivity contribution in [3.05, 3.63) is 53.0 Å². The van der Waals surface area contributed by atoms with E-state index in [1.165, 1.54) is 12.4 Å². The molecule has 0 fully saturated rings. The van der Waals surface area contributed by atoms with Crippen LogP contribution in [0.4, 0.5) is 17.3 Å². The Morgan fingerprint density at radius 1 is 1.03 bits per heavy atom. The maximum absolute atomic E-state index is 12.8. The number of hydrogen-bond acceptors (Lipinski definition) is 8. The zero-order valence-corrected chi connectivity index (χ0v) is 18.2. The molecule has 3 rings (SSSR count). The van der Waals surface area contributed by atoms with Gasteiger partial charge in [-0.15, -0.1) is 0 Å². The van der Waals surface area contributed by atoms with Crippen molar-refractivity contribution in [2.24, 2.45) is 0 Å². The highest BCUT2D eigenvalue weighted by Gasteiger charge is 2.19. The maximum Gasteiger partial charge on any atom is 0.279 e. The number of aromatic nitrogens is 3. The molecule has 0 atom stereocenters. The summed E-state index contributed by atoms with van der Waals surface area (Å²) in [6.07, 6.45) is 2.99. The number of carbonyl (C=O) groups is 1. The molecule has 0 bridgehead atoms. The third-order valence-electron chi connectivity index (χ3n) is 3.93. The van der Waals surface area contributed by atoms with Gasteiger partial charge in [-0.1, -0.05) is 6.07 Å². The van der Waals surface area contributed by atoms with Gasteiger partial charge in [-0.25, -0.2) is 15.0 Å². The number of hydrogen-bond donors (Lipinski definition) is 2. The number of anilines is 3. The largest absolute Gasteiger partial charge is 0.494 e. The lowest BCUT2D eigenvalue weighted by molar-refractivity contribution is 0.101. The zero-order valence-electron chi connectivity index (χ0n) is 16.6. The predicted molar refractivity (Wildman–Crippen MR) is 116 cm³/mol. The van der Waals surface area contributed by atoms with Crippen LogP contribution in [0.3, 0.4) is 0 Å². The molecule has 0 aliphatic carbocycles. The fourth-order valence-corrected chi connectivity index (χ4v) is 2.92. The van der Waals surface area contributed by atoms with Crippen LogP contribution in [-0.4, -0.2) is 41.7 Å². The molecule has 30 heavy (non-hydrogen) atoms. The van der Waals surface area contributed by atoms with Crippen molar-refractivity contribution in [1.29, 1.82) is 0 Å². The molecular weight excluding hydrogens is 454 g/mol. The second-order valence-electron chi connectivity index (χ2n) is 5.79. The second-order valence-corrected chi connectivity index (χ2v) is 6.60. The Labute approximate surface area is 181 Å². The normalized spacial score (nSPS) is 10.3. The minimum Gasteiger partial charge on any atom is -0.494 e. The smallest absolute Gasteiger partial charge is 0.279 e. The van der Waals surface area contributed by atoms with E-state index < -0.39 is 5.91 Å². The predicted octanol–water partition coefficient (Wildman–Crippen LogP) is 4.05. The zero-order chi connectivity index (χ0) is 21.5. The Morgan fingerprint density at radius 2 is 1.73 bits per heavy atom. The lowest BCUT2D eigenvalue weighted by Crippen LogP contribution is -2.17. The third-order valence-corrected chi connectivity index (χ3v) is 4.31. The number of nitrogens with one attached hydrogen (secondary N) is 2. The molecule has 1 amide bonds. The first kappa shape index (κ1) is 21.3. The number of para-hydroxylation sites is 1. The molecule has 2 N–H and O–H groups in total. The first-order chi connectivity index (χ1) is 14.6. The van der Waals surface area contributed by atoms with E-state index in [1.807, 2.05) is 6.92 Å². The van der Waals surface area contributed by atoms with Crippen LogP contribution in [0.2, 0.25) is 0 Å². The first-order valence-electron chi connectivity index (χ1n) is 8.97. The molecule has 0 radical (unpaired) electrons. The Kier molecular flexibility index (Phi) is 7.02. The summed E-state index contributed by atoms with van der Waals surface area (Å²) in [5.41, 5.74) is 0.683. The van der Waals surface area contributed by atoms with Gasteiger partial charge in [0.25, 0.3) is 5.91 Å². The van der Waals surface area contributed by atoms with Crippen molar-refractivity contribution in [3.63, 3.8) is 0 Å². The topological polar surface area (TPSA) is 107 Å². The Bertz CT molecular complexity index is 1030. The standard InChI is InChI=1S/C20H20BrN5O4/c1-4-30-14-9-6-10-22-17(14)20(27)26-18-19(24-15(21)11-23-18)25-16-12(28-2)7-5-8-13(16)29-3/h5-11H,4H2,1-3H3,(H,24,25)(H,23,26,27). The van der Waals surface area contributed by atoms with Gasteiger partial charge in [0.05, 0.1) is 27.0 Å².